The van der Waals surface area contributed by atoms with E-state index in [-0.39, 0.29) is 18.1 Å². The Labute approximate surface area is 179 Å². The lowest BCUT2D eigenvalue weighted by atomic mass is 9.79. The molecule has 2 aromatic rings. The van der Waals surface area contributed by atoms with Crippen LogP contribution in [-0.4, -0.2) is 36.7 Å². The van der Waals surface area contributed by atoms with E-state index >= 15 is 0 Å². The first kappa shape index (κ1) is 21.8. The maximum Gasteiger partial charge on any atom is 0.341 e. The van der Waals surface area contributed by atoms with Crippen LogP contribution in [0.5, 0.6) is 5.75 Å². The lowest BCUT2D eigenvalue weighted by Crippen LogP contribution is -2.36. The van der Waals surface area contributed by atoms with Crippen molar-refractivity contribution in [2.45, 2.75) is 32.6 Å². The highest BCUT2D eigenvalue weighted by Gasteiger charge is 2.36. The predicted octanol–water partition coefficient (Wildman–Crippen LogP) is 4.43. The first-order chi connectivity index (χ1) is 14.5. The Morgan fingerprint density at radius 3 is 2.40 bits per heavy atom. The Morgan fingerprint density at radius 1 is 1.13 bits per heavy atom. The van der Waals surface area contributed by atoms with Crippen LogP contribution in [0.1, 0.15) is 43.0 Å². The fourth-order valence-electron chi connectivity index (χ4n) is 3.78. The van der Waals surface area contributed by atoms with E-state index in [1.807, 2.05) is 12.1 Å². The van der Waals surface area contributed by atoms with E-state index in [2.05, 4.69) is 5.32 Å². The Hall–Kier alpha value is -2.87. The highest BCUT2D eigenvalue weighted by atomic mass is 32.1. The zero-order valence-electron chi connectivity index (χ0n) is 17.0. The summed E-state index contributed by atoms with van der Waals surface area (Å²) in [5, 5.41) is 14.4. The third kappa shape index (κ3) is 4.64. The number of nitrogens with one attached hydrogen (secondary N) is 1. The van der Waals surface area contributed by atoms with Crippen molar-refractivity contribution in [1.29, 1.82) is 0 Å². The van der Waals surface area contributed by atoms with Crippen molar-refractivity contribution in [2.75, 3.05) is 19.0 Å². The van der Waals surface area contributed by atoms with E-state index in [0.29, 0.717) is 29.2 Å². The Bertz CT molecular complexity index is 920. The number of thiophene rings is 1. The fourth-order valence-corrected chi connectivity index (χ4v) is 4.74. The van der Waals surface area contributed by atoms with Gasteiger partial charge in [0.15, 0.2) is 0 Å². The van der Waals surface area contributed by atoms with Crippen LogP contribution >= 0.6 is 11.3 Å². The molecule has 1 amide bonds. The number of amides is 1. The molecule has 2 atom stereocenters. The molecule has 1 aliphatic carbocycles. The summed E-state index contributed by atoms with van der Waals surface area (Å²) in [6, 6.07) is 7.24. The molecular formula is C22H25NO6S. The van der Waals surface area contributed by atoms with E-state index in [1.165, 1.54) is 11.3 Å². The van der Waals surface area contributed by atoms with Gasteiger partial charge in [0.05, 0.1) is 25.6 Å². The van der Waals surface area contributed by atoms with Crippen LogP contribution in [0.25, 0.3) is 11.1 Å². The Kier molecular flexibility index (Phi) is 7.10. The highest BCUT2D eigenvalue weighted by molar-refractivity contribution is 7.15. The normalized spacial score (nSPS) is 18.5. The molecule has 8 heteroatoms. The Balaban J connectivity index is 1.92. The molecule has 0 spiro atoms. The number of benzene rings is 1. The van der Waals surface area contributed by atoms with Crippen molar-refractivity contribution in [3.8, 4) is 16.9 Å². The van der Waals surface area contributed by atoms with Crippen molar-refractivity contribution in [3.63, 3.8) is 0 Å². The van der Waals surface area contributed by atoms with Crippen molar-refractivity contribution < 1.29 is 29.0 Å². The molecule has 0 bridgehead atoms. The van der Waals surface area contributed by atoms with Crippen molar-refractivity contribution >= 4 is 34.2 Å². The summed E-state index contributed by atoms with van der Waals surface area (Å²) in [7, 11) is 1.58. The molecule has 1 saturated carbocycles. The van der Waals surface area contributed by atoms with Crippen LogP contribution in [0.3, 0.4) is 0 Å². The summed E-state index contributed by atoms with van der Waals surface area (Å²) in [4.78, 5) is 37.2. The number of aliphatic carboxylic acids is 1. The van der Waals surface area contributed by atoms with Crippen LogP contribution in [0.2, 0.25) is 0 Å². The second-order valence-corrected chi connectivity index (χ2v) is 8.01. The maximum absolute atomic E-state index is 12.9. The van der Waals surface area contributed by atoms with E-state index in [0.717, 1.165) is 18.4 Å². The molecule has 7 nitrogen and oxygen atoms in total. The number of rotatable bonds is 7. The number of esters is 1. The van der Waals surface area contributed by atoms with Gasteiger partial charge in [-0.15, -0.1) is 11.3 Å². The molecule has 1 aromatic heterocycles. The van der Waals surface area contributed by atoms with Crippen LogP contribution in [-0.2, 0) is 14.3 Å². The molecule has 0 unspecified atom stereocenters. The number of methoxy groups -OCH3 is 1. The molecule has 1 aliphatic rings. The van der Waals surface area contributed by atoms with Gasteiger partial charge in [-0.1, -0.05) is 25.0 Å². The lowest BCUT2D eigenvalue weighted by molar-refractivity contribution is -0.147. The molecule has 1 aromatic carbocycles. The van der Waals surface area contributed by atoms with Gasteiger partial charge in [-0.3, -0.25) is 9.59 Å². The van der Waals surface area contributed by atoms with Gasteiger partial charge >= 0.3 is 11.9 Å². The molecule has 160 valence electrons. The topological polar surface area (TPSA) is 102 Å². The average molecular weight is 432 g/mol. The molecule has 3 rings (SSSR count). The predicted molar refractivity (Wildman–Crippen MR) is 114 cm³/mol. The lowest BCUT2D eigenvalue weighted by Gasteiger charge is -2.27. The van der Waals surface area contributed by atoms with Gasteiger partial charge in [0.1, 0.15) is 16.3 Å². The van der Waals surface area contributed by atoms with Gasteiger partial charge in [0.2, 0.25) is 5.91 Å². The minimum atomic E-state index is -0.953. The number of carbonyl (C=O) groups excluding carboxylic acids is 2. The molecule has 1 heterocycles. The summed E-state index contributed by atoms with van der Waals surface area (Å²) in [6.07, 6.45) is 2.62. The highest BCUT2D eigenvalue weighted by Crippen LogP contribution is 2.38. The molecule has 30 heavy (non-hydrogen) atoms. The fraction of sp³-hybridized carbons (Fsp3) is 0.409. The number of hydrogen-bond acceptors (Lipinski definition) is 6. The second kappa shape index (κ2) is 9.75. The van der Waals surface area contributed by atoms with Crippen molar-refractivity contribution in [1.82, 2.24) is 0 Å². The van der Waals surface area contributed by atoms with Crippen molar-refractivity contribution in [3.05, 3.63) is 35.2 Å². The second-order valence-electron chi connectivity index (χ2n) is 7.13. The summed E-state index contributed by atoms with van der Waals surface area (Å²) < 4.78 is 10.4. The summed E-state index contributed by atoms with van der Waals surface area (Å²) in [5.41, 5.74) is 1.72. The first-order valence-electron chi connectivity index (χ1n) is 9.93. The van der Waals surface area contributed by atoms with E-state index in [9.17, 15) is 19.5 Å². The van der Waals surface area contributed by atoms with Crippen LogP contribution in [0, 0.1) is 11.8 Å². The smallest absolute Gasteiger partial charge is 0.341 e. The van der Waals surface area contributed by atoms with E-state index in [4.69, 9.17) is 9.47 Å². The van der Waals surface area contributed by atoms with Crippen LogP contribution in [0.15, 0.2) is 29.6 Å². The number of carboxylic acids is 1. The first-order valence-corrected chi connectivity index (χ1v) is 10.8. The van der Waals surface area contributed by atoms with Crippen LogP contribution < -0.4 is 10.1 Å². The third-order valence-electron chi connectivity index (χ3n) is 5.33. The Morgan fingerprint density at radius 2 is 1.80 bits per heavy atom. The number of ether oxygens (including phenoxy) is 2. The minimum Gasteiger partial charge on any atom is -0.497 e. The van der Waals surface area contributed by atoms with Crippen LogP contribution in [0.4, 0.5) is 5.00 Å². The number of anilines is 1. The summed E-state index contributed by atoms with van der Waals surface area (Å²) >= 11 is 1.23. The molecule has 0 aliphatic heterocycles. The van der Waals surface area contributed by atoms with Gasteiger partial charge in [0, 0.05) is 10.9 Å². The molecule has 2 N–H and O–H groups in total. The monoisotopic (exact) mass is 431 g/mol. The average Bonchev–Trinajstić information content (AvgIpc) is 3.17. The summed E-state index contributed by atoms with van der Waals surface area (Å²) in [6.45, 7) is 1.92. The maximum atomic E-state index is 12.9. The summed E-state index contributed by atoms with van der Waals surface area (Å²) in [5.74, 6) is -2.47. The van der Waals surface area contributed by atoms with Gasteiger partial charge in [-0.2, -0.15) is 0 Å². The standard InChI is InChI=1S/C22H25NO6S/c1-3-29-22(27)18-17(13-8-10-14(28-2)11-9-13)12-30-20(18)23-19(24)15-6-4-5-7-16(15)21(25)26/h8-12,15-16H,3-7H2,1-2H3,(H,23,24)(H,25,26)/t15-,16-/m1/s1. The van der Waals surface area contributed by atoms with Crippen molar-refractivity contribution in [2.24, 2.45) is 11.8 Å². The van der Waals surface area contributed by atoms with Gasteiger partial charge in [-0.25, -0.2) is 4.79 Å². The number of carboxylic acid groups (broad SMARTS) is 1. The molecule has 0 radical (unpaired) electrons. The quantitative estimate of drug-likeness (QED) is 0.629. The van der Waals surface area contributed by atoms with E-state index in [1.54, 1.807) is 31.5 Å². The number of carbonyl (C=O) groups is 3. The molecular weight excluding hydrogens is 406 g/mol. The van der Waals surface area contributed by atoms with Gasteiger partial charge in [-0.05, 0) is 37.5 Å². The van der Waals surface area contributed by atoms with Gasteiger partial charge in [0.25, 0.3) is 0 Å². The SMILES string of the molecule is CCOC(=O)c1c(-c2ccc(OC)cc2)csc1NC(=O)[C@@H]1CCCC[C@H]1C(=O)O. The van der Waals surface area contributed by atoms with Gasteiger partial charge < -0.3 is 19.9 Å². The minimum absolute atomic E-state index is 0.202. The zero-order chi connectivity index (χ0) is 21.7. The molecule has 1 fully saturated rings. The number of hydrogen-bond donors (Lipinski definition) is 2. The largest absolute Gasteiger partial charge is 0.497 e. The zero-order valence-corrected chi connectivity index (χ0v) is 17.8. The third-order valence-corrected chi connectivity index (χ3v) is 6.22. The molecule has 0 saturated heterocycles. The van der Waals surface area contributed by atoms with E-state index < -0.39 is 23.8 Å².